The maximum absolute atomic E-state index is 5.52. The Morgan fingerprint density at radius 1 is 0.682 bits per heavy atom. The number of rotatable bonds is 5. The number of para-hydroxylation sites is 1. The largest absolute Gasteiger partial charge is 0.496 e. The van der Waals surface area contributed by atoms with E-state index in [0.717, 1.165) is 12.2 Å². The van der Waals surface area contributed by atoms with Gasteiger partial charge < -0.3 is 4.74 Å². The lowest BCUT2D eigenvalue weighted by atomic mass is 9.86. The molecule has 0 aliphatic rings. The van der Waals surface area contributed by atoms with Crippen molar-refractivity contribution >= 4 is 0 Å². The highest BCUT2D eigenvalue weighted by atomic mass is 16.5. The van der Waals surface area contributed by atoms with Gasteiger partial charge in [-0.3, -0.25) is 0 Å². The van der Waals surface area contributed by atoms with Gasteiger partial charge in [-0.15, -0.1) is 0 Å². The van der Waals surface area contributed by atoms with E-state index in [1.807, 2.05) is 12.1 Å². The molecule has 22 heavy (non-hydrogen) atoms. The standard InChI is InChI=1S/C21H20O/c1-22-21-15-9-8-14-19(21)16-20(17-10-4-2-5-11-17)18-12-6-3-7-13-18/h2-15,20H,16H2,1H3. The highest BCUT2D eigenvalue weighted by molar-refractivity contribution is 5.39. The Balaban J connectivity index is 1.99. The maximum atomic E-state index is 5.52. The van der Waals surface area contributed by atoms with Crippen LogP contribution in [0.3, 0.4) is 0 Å². The van der Waals surface area contributed by atoms with Crippen LogP contribution in [0, 0.1) is 0 Å². The van der Waals surface area contributed by atoms with Gasteiger partial charge >= 0.3 is 0 Å². The second-order valence-electron chi connectivity index (χ2n) is 5.39. The second-order valence-corrected chi connectivity index (χ2v) is 5.39. The molecule has 110 valence electrons. The summed E-state index contributed by atoms with van der Waals surface area (Å²) >= 11 is 0. The fourth-order valence-corrected chi connectivity index (χ4v) is 2.89. The van der Waals surface area contributed by atoms with Crippen LogP contribution in [0.4, 0.5) is 0 Å². The minimum atomic E-state index is 0.332. The summed E-state index contributed by atoms with van der Waals surface area (Å²) in [4.78, 5) is 0. The predicted octanol–water partition coefficient (Wildman–Crippen LogP) is 5.07. The molecule has 0 spiro atoms. The Morgan fingerprint density at radius 2 is 1.18 bits per heavy atom. The van der Waals surface area contributed by atoms with E-state index in [1.165, 1.54) is 16.7 Å². The van der Waals surface area contributed by atoms with Crippen molar-refractivity contribution in [2.75, 3.05) is 7.11 Å². The number of methoxy groups -OCH3 is 1. The summed E-state index contributed by atoms with van der Waals surface area (Å²) in [5, 5.41) is 0. The lowest BCUT2D eigenvalue weighted by Gasteiger charge is -2.19. The lowest BCUT2D eigenvalue weighted by Crippen LogP contribution is -2.06. The molecule has 0 aliphatic carbocycles. The SMILES string of the molecule is COc1ccccc1CC(c1ccccc1)c1ccccc1. The second kappa shape index (κ2) is 6.95. The van der Waals surface area contributed by atoms with Gasteiger partial charge in [-0.1, -0.05) is 78.9 Å². The third-order valence-corrected chi connectivity index (χ3v) is 4.02. The number of hydrogen-bond acceptors (Lipinski definition) is 1. The molecule has 0 heterocycles. The van der Waals surface area contributed by atoms with Crippen LogP contribution in [-0.4, -0.2) is 7.11 Å². The van der Waals surface area contributed by atoms with Crippen LogP contribution < -0.4 is 4.74 Å². The molecule has 0 aliphatic heterocycles. The van der Waals surface area contributed by atoms with Crippen molar-refractivity contribution in [1.82, 2.24) is 0 Å². The van der Waals surface area contributed by atoms with Crippen LogP contribution in [0.1, 0.15) is 22.6 Å². The number of benzene rings is 3. The van der Waals surface area contributed by atoms with Gasteiger partial charge in [0.15, 0.2) is 0 Å². The van der Waals surface area contributed by atoms with Crippen LogP contribution in [0.25, 0.3) is 0 Å². The first-order valence-electron chi connectivity index (χ1n) is 7.60. The molecule has 1 nitrogen and oxygen atoms in total. The first kappa shape index (κ1) is 14.4. The van der Waals surface area contributed by atoms with E-state index < -0.39 is 0 Å². The molecule has 0 aromatic heterocycles. The Labute approximate surface area is 132 Å². The Morgan fingerprint density at radius 3 is 1.73 bits per heavy atom. The van der Waals surface area contributed by atoms with Crippen LogP contribution in [0.2, 0.25) is 0 Å². The zero-order valence-electron chi connectivity index (χ0n) is 12.8. The minimum Gasteiger partial charge on any atom is -0.496 e. The van der Waals surface area contributed by atoms with Crippen molar-refractivity contribution in [1.29, 1.82) is 0 Å². The van der Waals surface area contributed by atoms with Gasteiger partial charge in [0.05, 0.1) is 7.11 Å². The van der Waals surface area contributed by atoms with Gasteiger partial charge in [-0.25, -0.2) is 0 Å². The van der Waals surface area contributed by atoms with Crippen molar-refractivity contribution < 1.29 is 4.74 Å². The molecule has 0 unspecified atom stereocenters. The smallest absolute Gasteiger partial charge is 0.122 e. The Kier molecular flexibility index (Phi) is 4.55. The molecular weight excluding hydrogens is 268 g/mol. The van der Waals surface area contributed by atoms with Gasteiger partial charge in [0.25, 0.3) is 0 Å². The molecule has 0 bridgehead atoms. The van der Waals surface area contributed by atoms with Crippen molar-refractivity contribution in [3.8, 4) is 5.75 Å². The zero-order chi connectivity index (χ0) is 15.2. The van der Waals surface area contributed by atoms with Crippen molar-refractivity contribution in [3.05, 3.63) is 102 Å². The first-order chi connectivity index (χ1) is 10.9. The van der Waals surface area contributed by atoms with Gasteiger partial charge in [0.2, 0.25) is 0 Å². The van der Waals surface area contributed by atoms with E-state index in [1.54, 1.807) is 7.11 Å². The van der Waals surface area contributed by atoms with E-state index in [-0.39, 0.29) is 0 Å². The van der Waals surface area contributed by atoms with E-state index in [9.17, 15) is 0 Å². The fraction of sp³-hybridized carbons (Fsp3) is 0.143. The van der Waals surface area contributed by atoms with Crippen LogP contribution in [0.15, 0.2) is 84.9 Å². The summed E-state index contributed by atoms with van der Waals surface area (Å²) in [5.74, 6) is 1.29. The highest BCUT2D eigenvalue weighted by Gasteiger charge is 2.16. The summed E-state index contributed by atoms with van der Waals surface area (Å²) in [5.41, 5.74) is 3.90. The average molecular weight is 288 g/mol. The maximum Gasteiger partial charge on any atom is 0.122 e. The molecular formula is C21H20O. The summed E-state index contributed by atoms with van der Waals surface area (Å²) in [6.45, 7) is 0. The van der Waals surface area contributed by atoms with Crippen LogP contribution in [-0.2, 0) is 6.42 Å². The Hall–Kier alpha value is -2.54. The summed E-state index contributed by atoms with van der Waals surface area (Å²) < 4.78 is 5.52. The molecule has 0 amide bonds. The van der Waals surface area contributed by atoms with Crippen molar-refractivity contribution in [2.45, 2.75) is 12.3 Å². The Bertz CT molecular complexity index is 665. The van der Waals surface area contributed by atoms with E-state index >= 15 is 0 Å². The number of ether oxygens (including phenoxy) is 1. The lowest BCUT2D eigenvalue weighted by molar-refractivity contribution is 0.409. The van der Waals surface area contributed by atoms with Gasteiger partial charge in [-0.05, 0) is 29.2 Å². The summed E-state index contributed by atoms with van der Waals surface area (Å²) in [6, 6.07) is 29.6. The van der Waals surface area contributed by atoms with E-state index in [2.05, 4.69) is 72.8 Å². The monoisotopic (exact) mass is 288 g/mol. The first-order valence-corrected chi connectivity index (χ1v) is 7.60. The summed E-state index contributed by atoms with van der Waals surface area (Å²) in [6.07, 6.45) is 0.929. The van der Waals surface area contributed by atoms with Crippen molar-refractivity contribution in [3.63, 3.8) is 0 Å². The molecule has 0 atom stereocenters. The molecule has 0 radical (unpaired) electrons. The highest BCUT2D eigenvalue weighted by Crippen LogP contribution is 2.31. The predicted molar refractivity (Wildman–Crippen MR) is 91.4 cm³/mol. The fourth-order valence-electron chi connectivity index (χ4n) is 2.89. The quantitative estimate of drug-likeness (QED) is 0.637. The van der Waals surface area contributed by atoms with Crippen LogP contribution >= 0.6 is 0 Å². The van der Waals surface area contributed by atoms with Crippen LogP contribution in [0.5, 0.6) is 5.75 Å². The molecule has 0 saturated heterocycles. The molecule has 3 aromatic carbocycles. The van der Waals surface area contributed by atoms with Gasteiger partial charge in [0.1, 0.15) is 5.75 Å². The third kappa shape index (κ3) is 3.20. The third-order valence-electron chi connectivity index (χ3n) is 4.02. The molecule has 0 saturated carbocycles. The molecule has 3 rings (SSSR count). The zero-order valence-corrected chi connectivity index (χ0v) is 12.8. The summed E-state index contributed by atoms with van der Waals surface area (Å²) in [7, 11) is 1.73. The van der Waals surface area contributed by atoms with Crippen molar-refractivity contribution in [2.24, 2.45) is 0 Å². The molecule has 0 N–H and O–H groups in total. The molecule has 1 heteroatoms. The average Bonchev–Trinajstić information content (AvgIpc) is 2.61. The molecule has 0 fully saturated rings. The van der Waals surface area contributed by atoms with E-state index in [4.69, 9.17) is 4.74 Å². The minimum absolute atomic E-state index is 0.332. The van der Waals surface area contributed by atoms with E-state index in [0.29, 0.717) is 5.92 Å². The normalized spacial score (nSPS) is 10.6. The van der Waals surface area contributed by atoms with Gasteiger partial charge in [-0.2, -0.15) is 0 Å². The topological polar surface area (TPSA) is 9.23 Å². The van der Waals surface area contributed by atoms with Gasteiger partial charge in [0, 0.05) is 5.92 Å². The number of hydrogen-bond donors (Lipinski definition) is 0. The molecule has 3 aromatic rings.